The second kappa shape index (κ2) is 9.24. The second-order valence-electron chi connectivity index (χ2n) is 5.64. The first-order valence-corrected chi connectivity index (χ1v) is 7.95. The molecule has 1 amide bonds. The highest BCUT2D eigenvalue weighted by molar-refractivity contribution is 5.79. The third kappa shape index (κ3) is 5.61. The lowest BCUT2D eigenvalue weighted by Gasteiger charge is -2.31. The van der Waals surface area contributed by atoms with Crippen LogP contribution in [-0.4, -0.2) is 63.2 Å². The van der Waals surface area contributed by atoms with Crippen LogP contribution < -0.4 is 14.8 Å². The van der Waals surface area contributed by atoms with Crippen LogP contribution in [0, 0.1) is 0 Å². The maximum absolute atomic E-state index is 12.4. The largest absolute Gasteiger partial charge is 0.497 e. The van der Waals surface area contributed by atoms with Crippen molar-refractivity contribution in [2.75, 3.05) is 34.0 Å². The fourth-order valence-corrected chi connectivity index (χ4v) is 2.66. The van der Waals surface area contributed by atoms with Gasteiger partial charge < -0.3 is 29.4 Å². The molecule has 138 valence electrons. The maximum atomic E-state index is 12.4. The second-order valence-corrected chi connectivity index (χ2v) is 5.64. The molecule has 0 spiro atoms. The number of aliphatic carboxylic acids is 1. The lowest BCUT2D eigenvalue weighted by atomic mass is 10.1. The molecule has 0 saturated carbocycles. The summed E-state index contributed by atoms with van der Waals surface area (Å²) in [7, 11) is 3.09. The van der Waals surface area contributed by atoms with Crippen LogP contribution in [0.25, 0.3) is 0 Å². The molecule has 1 fully saturated rings. The fraction of sp³-hybridized carbons (Fsp3) is 0.529. The highest BCUT2D eigenvalue weighted by Gasteiger charge is 2.28. The number of carbonyl (C=O) groups is 2. The third-order valence-electron chi connectivity index (χ3n) is 3.91. The Morgan fingerprint density at radius 3 is 2.80 bits per heavy atom. The molecule has 0 aromatic heterocycles. The number of carbonyl (C=O) groups excluding carboxylic acids is 1. The average Bonchev–Trinajstić information content (AvgIpc) is 2.61. The van der Waals surface area contributed by atoms with Crippen LogP contribution >= 0.6 is 0 Å². The van der Waals surface area contributed by atoms with Crippen LogP contribution in [0.3, 0.4) is 0 Å². The number of hydrogen-bond donors (Lipinski definition) is 2. The van der Waals surface area contributed by atoms with E-state index >= 15 is 0 Å². The highest BCUT2D eigenvalue weighted by Crippen LogP contribution is 2.25. The van der Waals surface area contributed by atoms with E-state index < -0.39 is 12.6 Å². The van der Waals surface area contributed by atoms with Gasteiger partial charge in [-0.25, -0.2) is 4.79 Å². The molecule has 1 heterocycles. The minimum absolute atomic E-state index is 0.120. The molecule has 1 aromatic carbocycles. The van der Waals surface area contributed by atoms with Crippen LogP contribution in [0.15, 0.2) is 18.2 Å². The minimum atomic E-state index is -1.04. The topological polar surface area (TPSA) is 103 Å². The van der Waals surface area contributed by atoms with Crippen LogP contribution in [0.4, 0.5) is 0 Å². The van der Waals surface area contributed by atoms with E-state index in [0.717, 1.165) is 5.56 Å². The Hall–Kier alpha value is -2.32. The Balaban J connectivity index is 1.97. The Morgan fingerprint density at radius 1 is 1.32 bits per heavy atom. The number of amides is 1. The van der Waals surface area contributed by atoms with Gasteiger partial charge in [-0.15, -0.1) is 0 Å². The Morgan fingerprint density at radius 2 is 2.12 bits per heavy atom. The Labute approximate surface area is 146 Å². The summed E-state index contributed by atoms with van der Waals surface area (Å²) in [6.45, 7) is 0.363. The SMILES string of the molecule is COc1ccc(CC(=O)N[C@@H]2COCC[C@@H]2OCC(=O)O)c(OC)c1. The van der Waals surface area contributed by atoms with Gasteiger partial charge in [0, 0.05) is 18.2 Å². The third-order valence-corrected chi connectivity index (χ3v) is 3.91. The molecular weight excluding hydrogens is 330 g/mol. The zero-order chi connectivity index (χ0) is 18.2. The minimum Gasteiger partial charge on any atom is -0.497 e. The quantitative estimate of drug-likeness (QED) is 0.706. The van der Waals surface area contributed by atoms with E-state index in [2.05, 4.69) is 5.32 Å². The van der Waals surface area contributed by atoms with Gasteiger partial charge in [-0.05, 0) is 12.5 Å². The molecule has 0 radical (unpaired) electrons. The van der Waals surface area contributed by atoms with Gasteiger partial charge in [0.2, 0.25) is 5.91 Å². The van der Waals surface area contributed by atoms with Crippen LogP contribution in [0.1, 0.15) is 12.0 Å². The summed E-state index contributed by atoms with van der Waals surface area (Å²) in [5, 5.41) is 11.6. The first kappa shape index (κ1) is 19.0. The number of carboxylic acid groups (broad SMARTS) is 1. The van der Waals surface area contributed by atoms with Crippen molar-refractivity contribution in [2.45, 2.75) is 25.0 Å². The standard InChI is InChI=1S/C17H23NO7/c1-22-12-4-3-11(15(8-12)23-2)7-16(19)18-13-9-24-6-5-14(13)25-10-17(20)21/h3-4,8,13-14H,5-7,9-10H2,1-2H3,(H,18,19)(H,20,21)/t13-,14+/m1/s1. The van der Waals surface area contributed by atoms with Gasteiger partial charge in [0.05, 0.1) is 39.4 Å². The van der Waals surface area contributed by atoms with E-state index in [-0.39, 0.29) is 31.1 Å². The average molecular weight is 353 g/mol. The van der Waals surface area contributed by atoms with Crippen molar-refractivity contribution in [3.63, 3.8) is 0 Å². The van der Waals surface area contributed by atoms with Gasteiger partial charge in [-0.2, -0.15) is 0 Å². The van der Waals surface area contributed by atoms with Crippen molar-refractivity contribution in [3.8, 4) is 11.5 Å². The zero-order valence-corrected chi connectivity index (χ0v) is 14.3. The van der Waals surface area contributed by atoms with Crippen molar-refractivity contribution in [2.24, 2.45) is 0 Å². The predicted octanol–water partition coefficient (Wildman–Crippen LogP) is 0.621. The molecule has 2 rings (SSSR count). The first-order chi connectivity index (χ1) is 12.0. The van der Waals surface area contributed by atoms with Crippen molar-refractivity contribution in [1.29, 1.82) is 0 Å². The van der Waals surface area contributed by atoms with E-state index in [4.69, 9.17) is 24.1 Å². The molecule has 1 aliphatic heterocycles. The predicted molar refractivity (Wildman–Crippen MR) is 88.0 cm³/mol. The van der Waals surface area contributed by atoms with Gasteiger partial charge >= 0.3 is 5.97 Å². The van der Waals surface area contributed by atoms with E-state index in [9.17, 15) is 9.59 Å². The van der Waals surface area contributed by atoms with Gasteiger partial charge in [-0.1, -0.05) is 6.07 Å². The highest BCUT2D eigenvalue weighted by atomic mass is 16.5. The molecule has 1 saturated heterocycles. The summed E-state index contributed by atoms with van der Waals surface area (Å²) >= 11 is 0. The molecule has 2 N–H and O–H groups in total. The van der Waals surface area contributed by atoms with E-state index in [0.29, 0.717) is 24.5 Å². The molecule has 1 aliphatic rings. The summed E-state index contributed by atoms with van der Waals surface area (Å²) in [4.78, 5) is 23.0. The van der Waals surface area contributed by atoms with Gasteiger partial charge in [0.1, 0.15) is 18.1 Å². The monoisotopic (exact) mass is 353 g/mol. The normalized spacial score (nSPS) is 19.9. The van der Waals surface area contributed by atoms with Gasteiger partial charge in [0.15, 0.2) is 0 Å². The van der Waals surface area contributed by atoms with Crippen molar-refractivity contribution >= 4 is 11.9 Å². The summed E-state index contributed by atoms with van der Waals surface area (Å²) in [5.74, 6) is -0.0562. The molecule has 2 atom stereocenters. The first-order valence-electron chi connectivity index (χ1n) is 7.95. The lowest BCUT2D eigenvalue weighted by molar-refractivity contribution is -0.148. The number of hydrogen-bond acceptors (Lipinski definition) is 6. The smallest absolute Gasteiger partial charge is 0.329 e. The fourth-order valence-electron chi connectivity index (χ4n) is 2.66. The van der Waals surface area contributed by atoms with Gasteiger partial charge in [-0.3, -0.25) is 4.79 Å². The molecule has 8 heteroatoms. The number of nitrogens with one attached hydrogen (secondary N) is 1. The zero-order valence-electron chi connectivity index (χ0n) is 14.3. The van der Waals surface area contributed by atoms with Crippen molar-refractivity contribution in [3.05, 3.63) is 23.8 Å². The molecular formula is C17H23NO7. The Kier molecular flexibility index (Phi) is 7.03. The van der Waals surface area contributed by atoms with Crippen LogP contribution in [-0.2, 0) is 25.5 Å². The molecule has 0 aliphatic carbocycles. The van der Waals surface area contributed by atoms with Crippen LogP contribution in [0.2, 0.25) is 0 Å². The number of carboxylic acids is 1. The van der Waals surface area contributed by atoms with Crippen molar-refractivity contribution in [1.82, 2.24) is 5.32 Å². The molecule has 0 unspecified atom stereocenters. The van der Waals surface area contributed by atoms with E-state index in [1.807, 2.05) is 0 Å². The summed E-state index contributed by atoms with van der Waals surface area (Å²) in [6, 6.07) is 4.86. The van der Waals surface area contributed by atoms with E-state index in [1.54, 1.807) is 25.3 Å². The lowest BCUT2D eigenvalue weighted by Crippen LogP contribution is -2.51. The number of benzene rings is 1. The molecule has 25 heavy (non-hydrogen) atoms. The van der Waals surface area contributed by atoms with Crippen LogP contribution in [0.5, 0.6) is 11.5 Å². The molecule has 1 aromatic rings. The van der Waals surface area contributed by atoms with Gasteiger partial charge in [0.25, 0.3) is 0 Å². The van der Waals surface area contributed by atoms with Crippen molar-refractivity contribution < 1.29 is 33.6 Å². The molecule has 8 nitrogen and oxygen atoms in total. The van der Waals surface area contributed by atoms with E-state index in [1.165, 1.54) is 7.11 Å². The summed E-state index contributed by atoms with van der Waals surface area (Å²) < 4.78 is 21.1. The summed E-state index contributed by atoms with van der Waals surface area (Å²) in [5.41, 5.74) is 0.723. The number of methoxy groups -OCH3 is 2. The summed E-state index contributed by atoms with van der Waals surface area (Å²) in [6.07, 6.45) is 0.269. The number of rotatable bonds is 8. The Bertz CT molecular complexity index is 605. The molecule has 0 bridgehead atoms. The number of ether oxygens (including phenoxy) is 4. The maximum Gasteiger partial charge on any atom is 0.329 e.